The molecule has 0 bridgehead atoms. The quantitative estimate of drug-likeness (QED) is 0.247. The Hall–Kier alpha value is -2.95. The molecule has 9 nitrogen and oxygen atoms in total. The number of nitrogens with zero attached hydrogens (tertiary/aromatic N) is 1. The van der Waals surface area contributed by atoms with Crippen LogP contribution in [0.1, 0.15) is 64.4 Å². The van der Waals surface area contributed by atoms with E-state index in [0.29, 0.717) is 37.3 Å². The average Bonchev–Trinajstić information content (AvgIpc) is 3.66. The molecule has 12 heteroatoms. The Bertz CT molecular complexity index is 1480. The van der Waals surface area contributed by atoms with Crippen molar-refractivity contribution in [3.05, 3.63) is 64.1 Å². The number of rotatable bonds is 13. The van der Waals surface area contributed by atoms with E-state index in [4.69, 9.17) is 23.2 Å². The standard InChI is InChI=1S/C31H37Cl2N3O6S/c1-3-5-17-34-29(39)27(37)24(8-4-2)35-28(38)25-18-22(43(41,42)26-10-7-6-9-23(26)33)19-36(25)30(40)31(15-16-31)20-11-13-21(32)14-12-20/h6-7,9-14,22,24-25H,3-5,8,15-19H2,1-2H3,(H,34,39)(H,35,38). The SMILES string of the molecule is CCCCNC(=O)C(=O)C(CCC)NC(=O)C1CC(S(=O)(=O)c2ccccc2Cl)CN1C(=O)C1(c2ccc(Cl)cc2)CC1. The molecule has 1 aliphatic heterocycles. The van der Waals surface area contributed by atoms with Crippen LogP contribution in [0.25, 0.3) is 0 Å². The number of amides is 3. The average molecular weight is 651 g/mol. The van der Waals surface area contributed by atoms with Crippen molar-refractivity contribution >= 4 is 56.5 Å². The topological polar surface area (TPSA) is 130 Å². The molecule has 0 radical (unpaired) electrons. The third kappa shape index (κ3) is 7.07. The van der Waals surface area contributed by atoms with Crippen LogP contribution in [0.15, 0.2) is 53.4 Å². The molecule has 3 atom stereocenters. The molecule has 1 saturated heterocycles. The lowest BCUT2D eigenvalue weighted by molar-refractivity contribution is -0.143. The van der Waals surface area contributed by atoms with Crippen molar-refractivity contribution in [3.8, 4) is 0 Å². The fourth-order valence-electron chi connectivity index (χ4n) is 5.59. The Kier molecular flexibility index (Phi) is 10.6. The summed E-state index contributed by atoms with van der Waals surface area (Å²) in [5.74, 6) is -2.60. The molecular weight excluding hydrogens is 613 g/mol. The van der Waals surface area contributed by atoms with Gasteiger partial charge in [0.05, 0.1) is 26.6 Å². The van der Waals surface area contributed by atoms with Crippen LogP contribution in [0.3, 0.4) is 0 Å². The van der Waals surface area contributed by atoms with Crippen LogP contribution in [-0.2, 0) is 34.4 Å². The van der Waals surface area contributed by atoms with Crippen molar-refractivity contribution in [2.45, 2.75) is 86.4 Å². The third-order valence-electron chi connectivity index (χ3n) is 8.21. The number of unbranched alkanes of at least 4 members (excludes halogenated alkanes) is 1. The van der Waals surface area contributed by atoms with Crippen LogP contribution in [0.5, 0.6) is 0 Å². The van der Waals surface area contributed by atoms with Crippen LogP contribution in [0.4, 0.5) is 0 Å². The highest BCUT2D eigenvalue weighted by atomic mass is 35.5. The van der Waals surface area contributed by atoms with Crippen molar-refractivity contribution in [2.24, 2.45) is 0 Å². The third-order valence-corrected chi connectivity index (χ3v) is 11.1. The lowest BCUT2D eigenvalue weighted by Gasteiger charge is -2.29. The normalized spacial score (nSPS) is 19.9. The maximum atomic E-state index is 14.2. The predicted molar refractivity (Wildman–Crippen MR) is 165 cm³/mol. The summed E-state index contributed by atoms with van der Waals surface area (Å²) in [6.07, 6.45) is 3.16. The van der Waals surface area contributed by atoms with Crippen LogP contribution in [0.2, 0.25) is 10.0 Å². The molecule has 43 heavy (non-hydrogen) atoms. The zero-order valence-corrected chi connectivity index (χ0v) is 26.6. The van der Waals surface area contributed by atoms with Gasteiger partial charge in [-0.15, -0.1) is 0 Å². The highest BCUT2D eigenvalue weighted by Gasteiger charge is 2.57. The molecule has 232 valence electrons. The second-order valence-corrected chi connectivity index (χ2v) is 14.3. The highest BCUT2D eigenvalue weighted by Crippen LogP contribution is 2.51. The number of likely N-dealkylation sites (tertiary alicyclic amines) is 1. The maximum absolute atomic E-state index is 14.2. The molecule has 2 aromatic carbocycles. The fraction of sp³-hybridized carbons (Fsp3) is 0.484. The van der Waals surface area contributed by atoms with E-state index in [-0.39, 0.29) is 35.2 Å². The summed E-state index contributed by atoms with van der Waals surface area (Å²) in [4.78, 5) is 54.7. The van der Waals surface area contributed by atoms with Crippen molar-refractivity contribution in [3.63, 3.8) is 0 Å². The van der Waals surface area contributed by atoms with E-state index < -0.39 is 50.2 Å². The number of nitrogens with one attached hydrogen (secondary N) is 2. The number of hydrogen-bond acceptors (Lipinski definition) is 6. The van der Waals surface area contributed by atoms with Crippen LogP contribution >= 0.6 is 23.2 Å². The molecule has 1 saturated carbocycles. The lowest BCUT2D eigenvalue weighted by Crippen LogP contribution is -2.54. The minimum absolute atomic E-state index is 0.0517. The Balaban J connectivity index is 1.63. The molecule has 4 rings (SSSR count). The molecule has 2 aliphatic rings. The Morgan fingerprint density at radius 1 is 1.00 bits per heavy atom. The lowest BCUT2D eigenvalue weighted by atomic mass is 9.94. The molecule has 1 aliphatic carbocycles. The van der Waals surface area contributed by atoms with Gasteiger partial charge in [-0.3, -0.25) is 19.2 Å². The number of benzene rings is 2. The summed E-state index contributed by atoms with van der Waals surface area (Å²) >= 11 is 12.3. The van der Waals surface area contributed by atoms with Gasteiger partial charge in [-0.25, -0.2) is 8.42 Å². The van der Waals surface area contributed by atoms with Crippen LogP contribution in [0, 0.1) is 0 Å². The van der Waals surface area contributed by atoms with E-state index in [0.717, 1.165) is 12.0 Å². The van der Waals surface area contributed by atoms with Gasteiger partial charge in [0.15, 0.2) is 9.84 Å². The monoisotopic (exact) mass is 649 g/mol. The molecule has 3 amide bonds. The highest BCUT2D eigenvalue weighted by molar-refractivity contribution is 7.92. The van der Waals surface area contributed by atoms with Gasteiger partial charge >= 0.3 is 0 Å². The van der Waals surface area contributed by atoms with E-state index in [1.54, 1.807) is 36.4 Å². The van der Waals surface area contributed by atoms with Gasteiger partial charge < -0.3 is 15.5 Å². The zero-order valence-electron chi connectivity index (χ0n) is 24.3. The molecule has 2 fully saturated rings. The van der Waals surface area contributed by atoms with Crippen LogP contribution < -0.4 is 10.6 Å². The molecule has 1 heterocycles. The minimum Gasteiger partial charge on any atom is -0.349 e. The number of carbonyl (C=O) groups is 4. The van der Waals surface area contributed by atoms with Gasteiger partial charge in [0.1, 0.15) is 6.04 Å². The summed E-state index contributed by atoms with van der Waals surface area (Å²) < 4.78 is 27.5. The molecule has 2 N–H and O–H groups in total. The van der Waals surface area contributed by atoms with Crippen molar-refractivity contribution in [2.75, 3.05) is 13.1 Å². The molecule has 3 unspecified atom stereocenters. The number of carbonyl (C=O) groups excluding carboxylic acids is 4. The van der Waals surface area contributed by atoms with Gasteiger partial charge in [0.25, 0.3) is 5.91 Å². The molecule has 0 aromatic heterocycles. The summed E-state index contributed by atoms with van der Waals surface area (Å²) in [6, 6.07) is 10.7. The van der Waals surface area contributed by atoms with Crippen molar-refractivity contribution in [1.82, 2.24) is 15.5 Å². The summed E-state index contributed by atoms with van der Waals surface area (Å²) in [5.41, 5.74) is -0.162. The summed E-state index contributed by atoms with van der Waals surface area (Å²) in [7, 11) is -4.03. The van der Waals surface area contributed by atoms with Gasteiger partial charge in [0.2, 0.25) is 17.6 Å². The maximum Gasteiger partial charge on any atom is 0.289 e. The number of ketones is 1. The first-order chi connectivity index (χ1) is 20.5. The van der Waals surface area contributed by atoms with E-state index in [1.165, 1.54) is 17.0 Å². The number of hydrogen-bond donors (Lipinski definition) is 2. The number of halogens is 2. The summed E-state index contributed by atoms with van der Waals surface area (Å²) in [5, 5.41) is 4.73. The van der Waals surface area contributed by atoms with Crippen LogP contribution in [-0.4, -0.2) is 67.2 Å². The van der Waals surface area contributed by atoms with E-state index in [9.17, 15) is 27.6 Å². The Morgan fingerprint density at radius 3 is 2.28 bits per heavy atom. The predicted octanol–water partition coefficient (Wildman–Crippen LogP) is 4.24. The number of Topliss-reactive ketones (excluding diaryl/α,β-unsaturated/α-hetero) is 1. The minimum atomic E-state index is -4.03. The second-order valence-electron chi connectivity index (χ2n) is 11.2. The molecule has 2 aromatic rings. The Morgan fingerprint density at radius 2 is 1.67 bits per heavy atom. The molecule has 0 spiro atoms. The summed E-state index contributed by atoms with van der Waals surface area (Å²) in [6.45, 7) is 3.90. The fourth-order valence-corrected chi connectivity index (χ4v) is 7.94. The van der Waals surface area contributed by atoms with E-state index in [1.807, 2.05) is 13.8 Å². The van der Waals surface area contributed by atoms with Gasteiger partial charge in [-0.2, -0.15) is 0 Å². The first kappa shape index (κ1) is 33.0. The largest absolute Gasteiger partial charge is 0.349 e. The first-order valence-corrected chi connectivity index (χ1v) is 16.9. The number of sulfone groups is 1. The van der Waals surface area contributed by atoms with E-state index in [2.05, 4.69) is 10.6 Å². The van der Waals surface area contributed by atoms with Gasteiger partial charge in [-0.05, 0) is 61.9 Å². The second kappa shape index (κ2) is 13.8. The van der Waals surface area contributed by atoms with E-state index >= 15 is 0 Å². The van der Waals surface area contributed by atoms with Gasteiger partial charge in [0, 0.05) is 18.1 Å². The van der Waals surface area contributed by atoms with Crippen molar-refractivity contribution in [1.29, 1.82) is 0 Å². The first-order valence-electron chi connectivity index (χ1n) is 14.6. The van der Waals surface area contributed by atoms with Crippen molar-refractivity contribution < 1.29 is 27.6 Å². The zero-order chi connectivity index (χ0) is 31.4. The Labute approximate surface area is 262 Å². The smallest absolute Gasteiger partial charge is 0.289 e. The molecular formula is C31H37Cl2N3O6S. The van der Waals surface area contributed by atoms with Gasteiger partial charge in [-0.1, -0.05) is 74.2 Å².